The summed E-state index contributed by atoms with van der Waals surface area (Å²) >= 11 is 0. The lowest BCUT2D eigenvalue weighted by Crippen LogP contribution is -2.31. The van der Waals surface area contributed by atoms with E-state index in [1.54, 1.807) is 0 Å². The molecule has 0 aromatic carbocycles. The van der Waals surface area contributed by atoms with E-state index in [1.165, 1.54) is 25.4 Å². The van der Waals surface area contributed by atoms with Crippen LogP contribution in [0.2, 0.25) is 0 Å². The SMILES string of the molecule is C1CC2C[C](C2)O1. The van der Waals surface area contributed by atoms with Crippen LogP contribution in [0.1, 0.15) is 19.3 Å². The molecule has 0 atom stereocenters. The minimum atomic E-state index is 1.00. The Kier molecular flexibility index (Phi) is 0.680. The van der Waals surface area contributed by atoms with E-state index in [1.807, 2.05) is 0 Å². The highest BCUT2D eigenvalue weighted by Gasteiger charge is 2.34. The Balaban J connectivity index is 1.99. The van der Waals surface area contributed by atoms with Gasteiger partial charge in [-0.3, -0.25) is 0 Å². The van der Waals surface area contributed by atoms with E-state index in [4.69, 9.17) is 4.74 Å². The predicted molar refractivity (Wildman–Crippen MR) is 26.5 cm³/mol. The van der Waals surface area contributed by atoms with Gasteiger partial charge < -0.3 is 4.74 Å². The molecule has 0 amide bonds. The molecule has 3 aliphatic rings. The average molecular weight is 97.1 g/mol. The van der Waals surface area contributed by atoms with Gasteiger partial charge in [0.05, 0.1) is 6.10 Å². The molecular formula is C6H9O. The van der Waals surface area contributed by atoms with Crippen LogP contribution in [0, 0.1) is 12.0 Å². The highest BCUT2D eigenvalue weighted by Crippen LogP contribution is 2.42. The minimum absolute atomic E-state index is 1.00. The second-order valence-electron chi connectivity index (χ2n) is 2.45. The Bertz CT molecular complexity index is 60.7. The van der Waals surface area contributed by atoms with Crippen LogP contribution in [0.25, 0.3) is 0 Å². The Morgan fingerprint density at radius 3 is 2.43 bits per heavy atom. The lowest BCUT2D eigenvalue weighted by atomic mass is 9.78. The van der Waals surface area contributed by atoms with E-state index in [2.05, 4.69) is 0 Å². The van der Waals surface area contributed by atoms with Crippen LogP contribution in [-0.4, -0.2) is 6.61 Å². The van der Waals surface area contributed by atoms with Crippen molar-refractivity contribution in [2.75, 3.05) is 6.61 Å². The molecule has 3 fully saturated rings. The van der Waals surface area contributed by atoms with Crippen molar-refractivity contribution in [2.24, 2.45) is 5.92 Å². The topological polar surface area (TPSA) is 9.23 Å². The van der Waals surface area contributed by atoms with Gasteiger partial charge in [0, 0.05) is 6.61 Å². The van der Waals surface area contributed by atoms with Gasteiger partial charge in [0.1, 0.15) is 0 Å². The number of ether oxygens (including phenoxy) is 1. The third-order valence-electron chi connectivity index (χ3n) is 1.86. The second kappa shape index (κ2) is 1.22. The van der Waals surface area contributed by atoms with Gasteiger partial charge in [0.15, 0.2) is 0 Å². The Morgan fingerprint density at radius 1 is 1.43 bits per heavy atom. The Labute approximate surface area is 43.7 Å². The Hall–Kier alpha value is -0.0400. The van der Waals surface area contributed by atoms with Gasteiger partial charge >= 0.3 is 0 Å². The number of fused-ring (bicyclic) bond motifs is 2. The van der Waals surface area contributed by atoms with Gasteiger partial charge in [-0.1, -0.05) is 0 Å². The second-order valence-corrected chi connectivity index (χ2v) is 2.45. The summed E-state index contributed by atoms with van der Waals surface area (Å²) < 4.78 is 5.26. The smallest absolute Gasteiger partial charge is 0.0976 e. The molecule has 1 radical (unpaired) electrons. The molecule has 0 aromatic heterocycles. The molecule has 0 aromatic rings. The molecule has 2 bridgehead atoms. The summed E-state index contributed by atoms with van der Waals surface area (Å²) in [5, 5.41) is 0. The van der Waals surface area contributed by atoms with E-state index < -0.39 is 0 Å². The van der Waals surface area contributed by atoms with Crippen molar-refractivity contribution < 1.29 is 4.74 Å². The molecule has 2 saturated heterocycles. The highest BCUT2D eigenvalue weighted by atomic mass is 16.5. The molecule has 1 aliphatic carbocycles. The zero-order valence-corrected chi connectivity index (χ0v) is 4.31. The van der Waals surface area contributed by atoms with E-state index in [9.17, 15) is 0 Å². The maximum Gasteiger partial charge on any atom is 0.0976 e. The number of rotatable bonds is 0. The van der Waals surface area contributed by atoms with Crippen molar-refractivity contribution in [3.8, 4) is 0 Å². The first-order valence-electron chi connectivity index (χ1n) is 2.92. The molecule has 0 N–H and O–H groups in total. The summed E-state index contributed by atoms with van der Waals surface area (Å²) in [5.74, 6) is 1.02. The fourth-order valence-electron chi connectivity index (χ4n) is 1.28. The lowest BCUT2D eigenvalue weighted by Gasteiger charge is -2.39. The quantitative estimate of drug-likeness (QED) is 0.443. The third-order valence-corrected chi connectivity index (χ3v) is 1.86. The molecule has 7 heavy (non-hydrogen) atoms. The molecule has 1 nitrogen and oxygen atoms in total. The van der Waals surface area contributed by atoms with Crippen molar-refractivity contribution >= 4 is 0 Å². The first-order chi connectivity index (χ1) is 3.45. The first kappa shape index (κ1) is 3.90. The fraction of sp³-hybridized carbons (Fsp3) is 0.833. The van der Waals surface area contributed by atoms with Gasteiger partial charge in [0.25, 0.3) is 0 Å². The summed E-state index contributed by atoms with van der Waals surface area (Å²) in [4.78, 5) is 0. The molecule has 1 saturated carbocycles. The van der Waals surface area contributed by atoms with Crippen LogP contribution in [0.4, 0.5) is 0 Å². The zero-order chi connectivity index (χ0) is 4.69. The molecule has 3 rings (SSSR count). The zero-order valence-electron chi connectivity index (χ0n) is 4.31. The number of hydrogen-bond acceptors (Lipinski definition) is 1. The van der Waals surface area contributed by atoms with E-state index >= 15 is 0 Å². The van der Waals surface area contributed by atoms with Crippen LogP contribution < -0.4 is 0 Å². The Morgan fingerprint density at radius 2 is 2.29 bits per heavy atom. The van der Waals surface area contributed by atoms with Crippen LogP contribution in [0.3, 0.4) is 0 Å². The molecule has 2 aliphatic heterocycles. The minimum Gasteiger partial charge on any atom is -0.372 e. The van der Waals surface area contributed by atoms with Gasteiger partial charge in [-0.2, -0.15) is 0 Å². The standard InChI is InChI=1S/C6H9O/c1-2-7-6-3-5(1)4-6/h5H,1-4H2. The molecule has 1 heteroatoms. The third kappa shape index (κ3) is 0.480. The summed E-state index contributed by atoms with van der Waals surface area (Å²) in [6, 6.07) is 0. The highest BCUT2D eigenvalue weighted by molar-refractivity contribution is 4.98. The molecule has 0 unspecified atom stereocenters. The van der Waals surface area contributed by atoms with Gasteiger partial charge in [0.2, 0.25) is 0 Å². The summed E-state index contributed by atoms with van der Waals surface area (Å²) in [6.07, 6.45) is 5.22. The summed E-state index contributed by atoms with van der Waals surface area (Å²) in [5.41, 5.74) is 0. The van der Waals surface area contributed by atoms with Crippen molar-refractivity contribution in [3.05, 3.63) is 6.10 Å². The summed E-state index contributed by atoms with van der Waals surface area (Å²) in [7, 11) is 0. The maximum absolute atomic E-state index is 5.26. The number of hydrogen-bond donors (Lipinski definition) is 0. The molecule has 39 valence electrons. The van der Waals surface area contributed by atoms with Crippen LogP contribution in [0.15, 0.2) is 0 Å². The lowest BCUT2D eigenvalue weighted by molar-refractivity contribution is -0.00745. The van der Waals surface area contributed by atoms with E-state index in [0.717, 1.165) is 12.5 Å². The predicted octanol–water partition coefficient (Wildman–Crippen LogP) is 1.35. The van der Waals surface area contributed by atoms with Gasteiger partial charge in [-0.05, 0) is 25.2 Å². The van der Waals surface area contributed by atoms with Crippen LogP contribution in [0.5, 0.6) is 0 Å². The van der Waals surface area contributed by atoms with Crippen LogP contribution in [-0.2, 0) is 4.74 Å². The van der Waals surface area contributed by atoms with Crippen molar-refractivity contribution in [3.63, 3.8) is 0 Å². The molecular weight excluding hydrogens is 88.1 g/mol. The van der Waals surface area contributed by atoms with Crippen LogP contribution >= 0.6 is 0 Å². The monoisotopic (exact) mass is 97.1 g/mol. The normalized spacial score (nSPS) is 32.6. The summed E-state index contributed by atoms with van der Waals surface area (Å²) in [6.45, 7) is 1.00. The van der Waals surface area contributed by atoms with E-state index in [-0.39, 0.29) is 0 Å². The molecule has 2 heterocycles. The van der Waals surface area contributed by atoms with Crippen molar-refractivity contribution in [2.45, 2.75) is 19.3 Å². The van der Waals surface area contributed by atoms with Crippen molar-refractivity contribution in [1.82, 2.24) is 0 Å². The first-order valence-corrected chi connectivity index (χ1v) is 2.92. The van der Waals surface area contributed by atoms with Crippen molar-refractivity contribution in [1.29, 1.82) is 0 Å². The molecule has 0 spiro atoms. The average Bonchev–Trinajstić information content (AvgIpc) is 1.67. The fourth-order valence-corrected chi connectivity index (χ4v) is 1.28. The van der Waals surface area contributed by atoms with E-state index in [0.29, 0.717) is 0 Å². The van der Waals surface area contributed by atoms with Gasteiger partial charge in [-0.15, -0.1) is 0 Å². The maximum atomic E-state index is 5.26. The van der Waals surface area contributed by atoms with Gasteiger partial charge in [-0.25, -0.2) is 0 Å². The largest absolute Gasteiger partial charge is 0.372 e.